The maximum atomic E-state index is 14.8. The molecule has 3 aromatic rings. The lowest BCUT2D eigenvalue weighted by molar-refractivity contribution is -0.205. The second kappa shape index (κ2) is 8.72. The van der Waals surface area contributed by atoms with Crippen LogP contribution in [0.3, 0.4) is 0 Å². The van der Waals surface area contributed by atoms with Gasteiger partial charge in [-0.1, -0.05) is 18.5 Å². The Balaban J connectivity index is 1.60. The first-order chi connectivity index (χ1) is 18.8. The molecule has 0 fully saturated rings. The zero-order valence-corrected chi connectivity index (χ0v) is 21.4. The average Bonchev–Trinajstić information content (AvgIpc) is 3.27. The number of nitrogens with one attached hydrogen (secondary N) is 1. The van der Waals surface area contributed by atoms with Crippen molar-refractivity contribution in [2.45, 2.75) is 63.3 Å². The lowest BCUT2D eigenvalue weighted by Gasteiger charge is -2.31. The second-order valence-electron chi connectivity index (χ2n) is 10.0. The quantitative estimate of drug-likeness (QED) is 0.250. The topological polar surface area (TPSA) is 131 Å². The Morgan fingerprint density at radius 3 is 2.70 bits per heavy atom. The summed E-state index contributed by atoms with van der Waals surface area (Å²) in [4.78, 5) is 42.9. The van der Waals surface area contributed by atoms with E-state index < -0.39 is 47.2 Å². The fraction of sp³-hybridized carbons (Fsp3) is 0.385. The van der Waals surface area contributed by atoms with Crippen LogP contribution >= 0.6 is 11.6 Å². The Bertz CT molecular complexity index is 1720. The summed E-state index contributed by atoms with van der Waals surface area (Å²) in [5.74, 6) is -3.36. The lowest BCUT2D eigenvalue weighted by Crippen LogP contribution is -2.45. The number of aryl methyl sites for hydroxylation is 1. The van der Waals surface area contributed by atoms with Gasteiger partial charge in [0.05, 0.1) is 40.1 Å². The van der Waals surface area contributed by atoms with E-state index in [9.17, 15) is 42.2 Å². The number of aliphatic hydroxyl groups is 2. The van der Waals surface area contributed by atoms with Crippen LogP contribution in [0.4, 0.5) is 17.6 Å². The van der Waals surface area contributed by atoms with Crippen LogP contribution in [-0.4, -0.2) is 43.9 Å². The van der Waals surface area contributed by atoms with E-state index >= 15 is 0 Å². The molecule has 4 heterocycles. The van der Waals surface area contributed by atoms with E-state index in [-0.39, 0.29) is 65.5 Å². The summed E-state index contributed by atoms with van der Waals surface area (Å²) in [7, 11) is 0. The predicted octanol–water partition coefficient (Wildman–Crippen LogP) is 2.90. The van der Waals surface area contributed by atoms with Crippen molar-refractivity contribution in [1.29, 1.82) is 0 Å². The number of carbonyl (C=O) groups excluding carboxylic acids is 2. The minimum atomic E-state index is -5.20. The number of ether oxygens (including phenoxy) is 1. The number of nitrogens with zero attached hydrogens (tertiary/aromatic N) is 2. The van der Waals surface area contributed by atoms with Crippen molar-refractivity contribution < 1.29 is 42.1 Å². The summed E-state index contributed by atoms with van der Waals surface area (Å²) in [5, 5.41) is 23.0. The van der Waals surface area contributed by atoms with Gasteiger partial charge in [0.1, 0.15) is 12.4 Å². The van der Waals surface area contributed by atoms with Crippen molar-refractivity contribution in [3.63, 3.8) is 0 Å². The molecule has 210 valence electrons. The van der Waals surface area contributed by atoms with Gasteiger partial charge in [-0.05, 0) is 36.5 Å². The van der Waals surface area contributed by atoms with E-state index in [1.54, 1.807) is 6.92 Å². The first-order valence-corrected chi connectivity index (χ1v) is 12.7. The number of pyridine rings is 2. The fourth-order valence-electron chi connectivity index (χ4n) is 5.90. The largest absolute Gasteiger partial charge is 0.458 e. The normalized spacial score (nSPS) is 21.9. The van der Waals surface area contributed by atoms with E-state index in [4.69, 9.17) is 16.3 Å². The van der Waals surface area contributed by atoms with Crippen LogP contribution in [0.25, 0.3) is 22.3 Å². The third kappa shape index (κ3) is 3.60. The van der Waals surface area contributed by atoms with Gasteiger partial charge in [-0.25, -0.2) is 14.2 Å². The molecule has 2 aliphatic heterocycles. The van der Waals surface area contributed by atoms with Gasteiger partial charge in [0.2, 0.25) is 6.10 Å². The number of aromatic nitrogens is 2. The SMILES string of the molecule is CC[C@@]1(O)C(=O)OCc2c1cc1n(c2=O)Cc2c-1nc1cc(F)c(Cl)c3c1c2[C@@H](NC(=O)[C@H](O)C(F)(F)F)CC3. The van der Waals surface area contributed by atoms with Crippen LogP contribution in [0.1, 0.15) is 53.6 Å². The number of carbonyl (C=O) groups is 2. The number of halogens is 5. The monoisotopic (exact) mass is 581 g/mol. The lowest BCUT2D eigenvalue weighted by atomic mass is 9.83. The number of amides is 1. The number of alkyl halides is 3. The smallest absolute Gasteiger partial charge is 0.423 e. The number of benzene rings is 1. The molecule has 1 aromatic carbocycles. The van der Waals surface area contributed by atoms with E-state index in [0.29, 0.717) is 22.1 Å². The van der Waals surface area contributed by atoms with Gasteiger partial charge in [-0.3, -0.25) is 9.59 Å². The summed E-state index contributed by atoms with van der Waals surface area (Å²) < 4.78 is 60.3. The highest BCUT2D eigenvalue weighted by Gasteiger charge is 2.47. The summed E-state index contributed by atoms with van der Waals surface area (Å²) >= 11 is 6.25. The number of rotatable bonds is 3. The third-order valence-electron chi connectivity index (χ3n) is 7.92. The highest BCUT2D eigenvalue weighted by Crippen LogP contribution is 2.46. The Morgan fingerprint density at radius 2 is 2.02 bits per heavy atom. The molecule has 0 spiro atoms. The first-order valence-electron chi connectivity index (χ1n) is 12.3. The van der Waals surface area contributed by atoms with Gasteiger partial charge in [-0.2, -0.15) is 13.2 Å². The molecular formula is C26H20ClF4N3O6. The molecule has 0 saturated carbocycles. The molecule has 6 rings (SSSR count). The molecule has 0 radical (unpaired) electrons. The number of cyclic esters (lactones) is 1. The van der Waals surface area contributed by atoms with Gasteiger partial charge in [0.25, 0.3) is 11.5 Å². The highest BCUT2D eigenvalue weighted by molar-refractivity contribution is 6.32. The van der Waals surface area contributed by atoms with E-state index in [1.807, 2.05) is 0 Å². The van der Waals surface area contributed by atoms with Crippen LogP contribution in [0.5, 0.6) is 0 Å². The van der Waals surface area contributed by atoms with Crippen LogP contribution in [-0.2, 0) is 39.5 Å². The molecule has 0 bridgehead atoms. The molecule has 1 aliphatic carbocycles. The number of hydrogen-bond donors (Lipinski definition) is 3. The maximum Gasteiger partial charge on any atom is 0.423 e. The molecule has 2 aromatic heterocycles. The van der Waals surface area contributed by atoms with Gasteiger partial charge < -0.3 is 24.8 Å². The number of esters is 1. The van der Waals surface area contributed by atoms with Gasteiger partial charge in [0, 0.05) is 22.6 Å². The Hall–Kier alpha value is -3.55. The van der Waals surface area contributed by atoms with Crippen molar-refractivity contribution >= 4 is 34.4 Å². The predicted molar refractivity (Wildman–Crippen MR) is 131 cm³/mol. The highest BCUT2D eigenvalue weighted by atomic mass is 35.5. The van der Waals surface area contributed by atoms with Crippen molar-refractivity contribution in [3.05, 3.63) is 61.1 Å². The number of aliphatic hydroxyl groups excluding tert-OH is 1. The Labute approximate surface area is 227 Å². The standard InChI is InChI=1S/C26H20ClF4N3O6/c1-2-25(39)12-5-16-20-10(7-34(16)23(37)11(12)8-40-24(25)38)18-14(33-22(36)21(35)26(29,30)31)4-3-9-17(18)15(32-20)6-13(28)19(9)27/h5-6,14,21,35,39H,2-4,7-8H2,1H3,(H,33,36)/t14-,21-,25-/m0/s1. The molecule has 40 heavy (non-hydrogen) atoms. The maximum absolute atomic E-state index is 14.8. The second-order valence-corrected chi connectivity index (χ2v) is 10.4. The molecule has 3 aliphatic rings. The number of fused-ring (bicyclic) bond motifs is 5. The molecule has 3 N–H and O–H groups in total. The summed E-state index contributed by atoms with van der Waals surface area (Å²) in [6.07, 6.45) is -8.44. The van der Waals surface area contributed by atoms with Crippen LogP contribution < -0.4 is 10.9 Å². The Kier molecular flexibility index (Phi) is 5.81. The van der Waals surface area contributed by atoms with E-state index in [2.05, 4.69) is 10.3 Å². The van der Waals surface area contributed by atoms with Gasteiger partial charge in [0.15, 0.2) is 5.60 Å². The number of hydrogen-bond acceptors (Lipinski definition) is 7. The summed E-state index contributed by atoms with van der Waals surface area (Å²) in [6.45, 7) is 1.06. The van der Waals surface area contributed by atoms with Gasteiger partial charge in [-0.15, -0.1) is 0 Å². The van der Waals surface area contributed by atoms with Crippen molar-refractivity contribution in [1.82, 2.24) is 14.9 Å². The van der Waals surface area contributed by atoms with Gasteiger partial charge >= 0.3 is 12.1 Å². The molecule has 3 atom stereocenters. The fourth-order valence-corrected chi connectivity index (χ4v) is 6.14. The van der Waals surface area contributed by atoms with E-state index in [1.165, 1.54) is 10.6 Å². The van der Waals surface area contributed by atoms with Crippen LogP contribution in [0, 0.1) is 5.82 Å². The summed E-state index contributed by atoms with van der Waals surface area (Å²) in [6, 6.07) is 1.43. The van der Waals surface area contributed by atoms with Crippen LogP contribution in [0.2, 0.25) is 5.02 Å². The molecule has 0 unspecified atom stereocenters. The zero-order chi connectivity index (χ0) is 28.9. The minimum absolute atomic E-state index is 0.0255. The molecule has 9 nitrogen and oxygen atoms in total. The van der Waals surface area contributed by atoms with Crippen molar-refractivity contribution in [3.8, 4) is 11.4 Å². The van der Waals surface area contributed by atoms with Crippen LogP contribution in [0.15, 0.2) is 16.9 Å². The molecule has 1 amide bonds. The molecule has 0 saturated heterocycles. The first kappa shape index (κ1) is 26.7. The minimum Gasteiger partial charge on any atom is -0.458 e. The van der Waals surface area contributed by atoms with Crippen molar-refractivity contribution in [2.75, 3.05) is 0 Å². The third-order valence-corrected chi connectivity index (χ3v) is 8.33. The molecular weight excluding hydrogens is 562 g/mol. The van der Waals surface area contributed by atoms with E-state index in [0.717, 1.165) is 6.07 Å². The summed E-state index contributed by atoms with van der Waals surface area (Å²) in [5.41, 5.74) is -1.08. The molecule has 14 heteroatoms. The zero-order valence-electron chi connectivity index (χ0n) is 20.7. The Morgan fingerprint density at radius 1 is 1.30 bits per heavy atom. The average molecular weight is 582 g/mol. The van der Waals surface area contributed by atoms with Crippen molar-refractivity contribution in [2.24, 2.45) is 0 Å².